The first-order valence-electron chi connectivity index (χ1n) is 5.93. The molecule has 0 aromatic rings. The Kier molecular flexibility index (Phi) is 7.20. The number of hydrogen-bond acceptors (Lipinski definition) is 2. The van der Waals surface area contributed by atoms with Gasteiger partial charge in [-0.05, 0) is 18.3 Å². The minimum Gasteiger partial charge on any atom is -0.315 e. The Hall–Kier alpha value is -0.0800. The SMILES string of the molecule is CCC(CC)NCCNCC(C)(C)C. The maximum absolute atomic E-state index is 3.54. The fourth-order valence-corrected chi connectivity index (χ4v) is 1.41. The van der Waals surface area contributed by atoms with Gasteiger partial charge >= 0.3 is 0 Å². The van der Waals surface area contributed by atoms with Gasteiger partial charge in [0, 0.05) is 25.7 Å². The predicted octanol–water partition coefficient (Wildman–Crippen LogP) is 2.40. The van der Waals surface area contributed by atoms with Crippen molar-refractivity contribution in [1.82, 2.24) is 10.6 Å². The molecule has 0 radical (unpaired) electrons. The highest BCUT2D eigenvalue weighted by Gasteiger charge is 2.08. The highest BCUT2D eigenvalue weighted by atomic mass is 15.0. The van der Waals surface area contributed by atoms with Crippen LogP contribution in [0.3, 0.4) is 0 Å². The molecule has 0 aromatic heterocycles. The summed E-state index contributed by atoms with van der Waals surface area (Å²) in [4.78, 5) is 0. The molecule has 0 fully saturated rings. The van der Waals surface area contributed by atoms with Crippen molar-refractivity contribution in [3.05, 3.63) is 0 Å². The second-order valence-corrected chi connectivity index (χ2v) is 5.20. The van der Waals surface area contributed by atoms with Crippen LogP contribution in [0.15, 0.2) is 0 Å². The standard InChI is InChI=1S/C12H28N2/c1-6-11(7-2)14-9-8-13-10-12(3,4)5/h11,13-14H,6-10H2,1-5H3. The van der Waals surface area contributed by atoms with E-state index in [1.807, 2.05) is 0 Å². The maximum Gasteiger partial charge on any atom is 0.00793 e. The van der Waals surface area contributed by atoms with Crippen molar-refractivity contribution in [2.75, 3.05) is 19.6 Å². The third-order valence-corrected chi connectivity index (χ3v) is 2.38. The normalized spacial score (nSPS) is 12.4. The van der Waals surface area contributed by atoms with Gasteiger partial charge in [-0.25, -0.2) is 0 Å². The lowest BCUT2D eigenvalue weighted by molar-refractivity contribution is 0.374. The monoisotopic (exact) mass is 200 g/mol. The van der Waals surface area contributed by atoms with E-state index in [1.165, 1.54) is 12.8 Å². The van der Waals surface area contributed by atoms with Crippen LogP contribution in [0, 0.1) is 5.41 Å². The topological polar surface area (TPSA) is 24.1 Å². The molecule has 0 amide bonds. The molecule has 2 heteroatoms. The van der Waals surface area contributed by atoms with Crippen LogP contribution in [-0.4, -0.2) is 25.7 Å². The molecule has 0 heterocycles. The van der Waals surface area contributed by atoms with E-state index in [1.54, 1.807) is 0 Å². The summed E-state index contributed by atoms with van der Waals surface area (Å²) in [5, 5.41) is 7.01. The highest BCUT2D eigenvalue weighted by molar-refractivity contribution is 4.67. The first-order valence-corrected chi connectivity index (χ1v) is 5.93. The fraction of sp³-hybridized carbons (Fsp3) is 1.00. The van der Waals surface area contributed by atoms with E-state index >= 15 is 0 Å². The zero-order chi connectivity index (χ0) is 11.0. The fourth-order valence-electron chi connectivity index (χ4n) is 1.41. The van der Waals surface area contributed by atoms with Gasteiger partial charge in [-0.15, -0.1) is 0 Å². The lowest BCUT2D eigenvalue weighted by Gasteiger charge is -2.20. The molecule has 0 aromatic carbocycles. The molecule has 0 unspecified atom stereocenters. The van der Waals surface area contributed by atoms with E-state index in [0.29, 0.717) is 11.5 Å². The van der Waals surface area contributed by atoms with Crippen LogP contribution in [0.25, 0.3) is 0 Å². The summed E-state index contributed by atoms with van der Waals surface area (Å²) in [6.45, 7) is 14.5. The molecule has 0 rings (SSSR count). The van der Waals surface area contributed by atoms with Gasteiger partial charge in [-0.1, -0.05) is 34.6 Å². The molecular formula is C12H28N2. The second kappa shape index (κ2) is 7.24. The van der Waals surface area contributed by atoms with Crippen LogP contribution in [0.2, 0.25) is 0 Å². The van der Waals surface area contributed by atoms with Gasteiger partial charge in [0.1, 0.15) is 0 Å². The van der Waals surface area contributed by atoms with E-state index in [-0.39, 0.29) is 0 Å². The van der Waals surface area contributed by atoms with Crippen molar-refractivity contribution in [2.45, 2.75) is 53.5 Å². The van der Waals surface area contributed by atoms with Crippen LogP contribution in [0.4, 0.5) is 0 Å². The molecule has 0 spiro atoms. The number of hydrogen-bond donors (Lipinski definition) is 2. The summed E-state index contributed by atoms with van der Waals surface area (Å²) >= 11 is 0. The summed E-state index contributed by atoms with van der Waals surface area (Å²) in [6, 6.07) is 0.700. The van der Waals surface area contributed by atoms with Crippen molar-refractivity contribution < 1.29 is 0 Å². The van der Waals surface area contributed by atoms with Crippen molar-refractivity contribution in [3.8, 4) is 0 Å². The largest absolute Gasteiger partial charge is 0.315 e. The van der Waals surface area contributed by atoms with Gasteiger partial charge in [0.2, 0.25) is 0 Å². The van der Waals surface area contributed by atoms with Crippen LogP contribution in [-0.2, 0) is 0 Å². The van der Waals surface area contributed by atoms with E-state index in [9.17, 15) is 0 Å². The molecule has 2 N–H and O–H groups in total. The number of rotatable bonds is 7. The van der Waals surface area contributed by atoms with E-state index in [4.69, 9.17) is 0 Å². The minimum absolute atomic E-state index is 0.398. The summed E-state index contributed by atoms with van der Waals surface area (Å²) in [5.74, 6) is 0. The lowest BCUT2D eigenvalue weighted by Crippen LogP contribution is -2.36. The van der Waals surface area contributed by atoms with Gasteiger partial charge in [-0.2, -0.15) is 0 Å². The van der Waals surface area contributed by atoms with Crippen LogP contribution >= 0.6 is 0 Å². The summed E-state index contributed by atoms with van der Waals surface area (Å²) in [5.41, 5.74) is 0.398. The first-order chi connectivity index (χ1) is 6.49. The van der Waals surface area contributed by atoms with Crippen molar-refractivity contribution in [3.63, 3.8) is 0 Å². The van der Waals surface area contributed by atoms with Crippen LogP contribution in [0.1, 0.15) is 47.5 Å². The van der Waals surface area contributed by atoms with Gasteiger partial charge in [-0.3, -0.25) is 0 Å². The summed E-state index contributed by atoms with van der Waals surface area (Å²) in [7, 11) is 0. The maximum atomic E-state index is 3.54. The Balaban J connectivity index is 3.29. The lowest BCUT2D eigenvalue weighted by atomic mass is 9.97. The molecule has 14 heavy (non-hydrogen) atoms. The van der Waals surface area contributed by atoms with E-state index < -0.39 is 0 Å². The molecule has 0 aliphatic carbocycles. The average molecular weight is 200 g/mol. The third-order valence-electron chi connectivity index (χ3n) is 2.38. The molecule has 2 nitrogen and oxygen atoms in total. The Morgan fingerprint density at radius 1 is 1.00 bits per heavy atom. The van der Waals surface area contributed by atoms with Crippen LogP contribution in [0.5, 0.6) is 0 Å². The third kappa shape index (κ3) is 8.52. The average Bonchev–Trinajstić information content (AvgIpc) is 2.09. The predicted molar refractivity (Wildman–Crippen MR) is 64.7 cm³/mol. The zero-order valence-electron chi connectivity index (χ0n) is 10.6. The minimum atomic E-state index is 0.398. The van der Waals surface area contributed by atoms with Crippen LogP contribution < -0.4 is 10.6 Å². The highest BCUT2D eigenvalue weighted by Crippen LogP contribution is 2.09. The second-order valence-electron chi connectivity index (χ2n) is 5.20. The quantitative estimate of drug-likeness (QED) is 0.617. The Morgan fingerprint density at radius 3 is 2.00 bits per heavy atom. The van der Waals surface area contributed by atoms with Gasteiger partial charge in [0.05, 0.1) is 0 Å². The van der Waals surface area contributed by atoms with Gasteiger partial charge in [0.25, 0.3) is 0 Å². The van der Waals surface area contributed by atoms with E-state index in [2.05, 4.69) is 45.3 Å². The molecule has 0 bridgehead atoms. The van der Waals surface area contributed by atoms with Gasteiger partial charge in [0.15, 0.2) is 0 Å². The van der Waals surface area contributed by atoms with Gasteiger partial charge < -0.3 is 10.6 Å². The first kappa shape index (κ1) is 13.9. The summed E-state index contributed by atoms with van der Waals surface area (Å²) in [6.07, 6.45) is 2.46. The Labute approximate surface area is 89.9 Å². The van der Waals surface area contributed by atoms with E-state index in [0.717, 1.165) is 19.6 Å². The molecule has 0 aliphatic heterocycles. The number of nitrogens with one attached hydrogen (secondary N) is 2. The molecular weight excluding hydrogens is 172 g/mol. The van der Waals surface area contributed by atoms with Crippen molar-refractivity contribution >= 4 is 0 Å². The molecule has 0 saturated heterocycles. The van der Waals surface area contributed by atoms with Crippen molar-refractivity contribution in [1.29, 1.82) is 0 Å². The molecule has 0 aliphatic rings. The smallest absolute Gasteiger partial charge is 0.00793 e. The van der Waals surface area contributed by atoms with Crippen molar-refractivity contribution in [2.24, 2.45) is 5.41 Å². The molecule has 0 saturated carbocycles. The summed E-state index contributed by atoms with van der Waals surface area (Å²) < 4.78 is 0. The molecule has 86 valence electrons. The Bertz CT molecular complexity index is 123. The zero-order valence-corrected chi connectivity index (χ0v) is 10.6. The Morgan fingerprint density at radius 2 is 1.57 bits per heavy atom. The molecule has 0 atom stereocenters.